The van der Waals surface area contributed by atoms with Crippen LogP contribution in [0.3, 0.4) is 0 Å². The maximum absolute atomic E-state index is 13.0. The Morgan fingerprint density at radius 2 is 1.80 bits per heavy atom. The summed E-state index contributed by atoms with van der Waals surface area (Å²) in [7, 11) is 2.02. The van der Waals surface area contributed by atoms with E-state index in [0.717, 1.165) is 5.92 Å². The number of hydrogen-bond donors (Lipinski definition) is 1. The molecule has 1 aliphatic carbocycles. The average molecular weight is 277 g/mol. The smallest absolute Gasteiger partial charge is 0.123 e. The molecule has 0 heterocycles. The Hall–Kier alpha value is -0.890. The molecule has 0 spiro atoms. The lowest BCUT2D eigenvalue weighted by molar-refractivity contribution is 0.218. The summed E-state index contributed by atoms with van der Waals surface area (Å²) in [5, 5.41) is 3.44. The van der Waals surface area contributed by atoms with Crippen LogP contribution in [0.25, 0.3) is 0 Å². The maximum Gasteiger partial charge on any atom is 0.123 e. The number of unbranched alkanes of at least 4 members (excludes halogenated alkanes) is 1. The zero-order valence-electron chi connectivity index (χ0n) is 12.9. The van der Waals surface area contributed by atoms with Gasteiger partial charge in [0.25, 0.3) is 0 Å². The van der Waals surface area contributed by atoms with E-state index in [2.05, 4.69) is 12.2 Å². The maximum atomic E-state index is 13.0. The van der Waals surface area contributed by atoms with Crippen molar-refractivity contribution in [3.05, 3.63) is 35.6 Å². The van der Waals surface area contributed by atoms with Crippen LogP contribution >= 0.6 is 0 Å². The molecule has 0 aromatic heterocycles. The zero-order valence-corrected chi connectivity index (χ0v) is 12.9. The first-order chi connectivity index (χ1) is 9.74. The molecule has 1 N–H and O–H groups in total. The Morgan fingerprint density at radius 1 is 1.15 bits per heavy atom. The van der Waals surface area contributed by atoms with Gasteiger partial charge < -0.3 is 5.32 Å². The van der Waals surface area contributed by atoms with Crippen LogP contribution in [-0.4, -0.2) is 7.05 Å². The fraction of sp³-hybridized carbons (Fsp3) is 0.667. The minimum atomic E-state index is -0.146. The molecule has 2 heteroatoms. The van der Waals surface area contributed by atoms with E-state index in [-0.39, 0.29) is 5.82 Å². The van der Waals surface area contributed by atoms with Gasteiger partial charge >= 0.3 is 0 Å². The van der Waals surface area contributed by atoms with Crippen molar-refractivity contribution in [3.63, 3.8) is 0 Å². The molecule has 1 unspecified atom stereocenters. The van der Waals surface area contributed by atoms with Gasteiger partial charge in [-0.25, -0.2) is 4.39 Å². The van der Waals surface area contributed by atoms with Gasteiger partial charge in [-0.1, -0.05) is 51.2 Å². The minimum absolute atomic E-state index is 0.146. The van der Waals surface area contributed by atoms with Crippen molar-refractivity contribution in [2.24, 2.45) is 11.8 Å². The summed E-state index contributed by atoms with van der Waals surface area (Å²) in [6.45, 7) is 2.27. The second-order valence-electron chi connectivity index (χ2n) is 6.24. The van der Waals surface area contributed by atoms with E-state index in [1.54, 1.807) is 12.1 Å². The molecular formula is C18H28FN. The third-order valence-corrected chi connectivity index (χ3v) is 4.87. The summed E-state index contributed by atoms with van der Waals surface area (Å²) < 4.78 is 13.0. The van der Waals surface area contributed by atoms with Gasteiger partial charge in [0.15, 0.2) is 0 Å². The lowest BCUT2D eigenvalue weighted by Crippen LogP contribution is -2.28. The molecule has 1 nitrogen and oxygen atoms in total. The fourth-order valence-electron chi connectivity index (χ4n) is 3.65. The van der Waals surface area contributed by atoms with E-state index < -0.39 is 0 Å². The lowest BCUT2D eigenvalue weighted by atomic mass is 9.75. The van der Waals surface area contributed by atoms with Crippen LogP contribution in [0.15, 0.2) is 24.3 Å². The molecule has 1 saturated carbocycles. The number of rotatable bonds is 6. The van der Waals surface area contributed by atoms with Crippen LogP contribution < -0.4 is 5.32 Å². The molecule has 0 bridgehead atoms. The summed E-state index contributed by atoms with van der Waals surface area (Å²) in [6.07, 6.45) is 9.43. The van der Waals surface area contributed by atoms with Crippen molar-refractivity contribution < 1.29 is 4.39 Å². The molecule has 1 aliphatic rings. The van der Waals surface area contributed by atoms with E-state index in [1.165, 1.54) is 50.5 Å². The predicted molar refractivity (Wildman–Crippen MR) is 83.2 cm³/mol. The van der Waals surface area contributed by atoms with Gasteiger partial charge in [-0.3, -0.25) is 0 Å². The molecule has 0 saturated heterocycles. The molecule has 1 aromatic rings. The summed E-state index contributed by atoms with van der Waals surface area (Å²) in [6, 6.07) is 7.39. The Morgan fingerprint density at radius 3 is 2.35 bits per heavy atom. The van der Waals surface area contributed by atoms with Crippen LogP contribution in [0, 0.1) is 17.7 Å². The zero-order chi connectivity index (χ0) is 14.4. The quantitative estimate of drug-likeness (QED) is 0.764. The van der Waals surface area contributed by atoms with Crippen molar-refractivity contribution in [2.75, 3.05) is 7.05 Å². The molecule has 1 aromatic carbocycles. The van der Waals surface area contributed by atoms with E-state index >= 15 is 0 Å². The summed E-state index contributed by atoms with van der Waals surface area (Å²) in [5.41, 5.74) is 1.23. The molecular weight excluding hydrogens is 249 g/mol. The predicted octanol–water partition coefficient (Wildman–Crippen LogP) is 5.08. The van der Waals surface area contributed by atoms with E-state index in [4.69, 9.17) is 0 Å². The number of halogens is 1. The van der Waals surface area contributed by atoms with E-state index in [1.807, 2.05) is 19.2 Å². The topological polar surface area (TPSA) is 12.0 Å². The highest BCUT2D eigenvalue weighted by Gasteiger charge is 2.27. The molecule has 1 atom stereocenters. The van der Waals surface area contributed by atoms with Gasteiger partial charge in [-0.05, 0) is 49.4 Å². The second kappa shape index (κ2) is 7.78. The van der Waals surface area contributed by atoms with Crippen LogP contribution in [-0.2, 0) is 0 Å². The monoisotopic (exact) mass is 277 g/mol. The lowest BCUT2D eigenvalue weighted by Gasteiger charge is -2.34. The van der Waals surface area contributed by atoms with Crippen LogP contribution in [0.1, 0.15) is 63.5 Å². The van der Waals surface area contributed by atoms with Crippen LogP contribution in [0.2, 0.25) is 0 Å². The average Bonchev–Trinajstić information content (AvgIpc) is 2.49. The number of benzene rings is 1. The molecule has 0 aliphatic heterocycles. The Bertz CT molecular complexity index is 379. The Labute approximate surface area is 123 Å². The largest absolute Gasteiger partial charge is 0.313 e. The molecule has 1 fully saturated rings. The highest BCUT2D eigenvalue weighted by Crippen LogP contribution is 2.38. The van der Waals surface area contributed by atoms with E-state index in [9.17, 15) is 4.39 Å². The van der Waals surface area contributed by atoms with Crippen LogP contribution in [0.5, 0.6) is 0 Å². The van der Waals surface area contributed by atoms with Crippen molar-refractivity contribution >= 4 is 0 Å². The van der Waals surface area contributed by atoms with Crippen molar-refractivity contribution in [2.45, 2.75) is 57.9 Å². The third-order valence-electron chi connectivity index (χ3n) is 4.87. The Balaban J connectivity index is 1.91. The van der Waals surface area contributed by atoms with Gasteiger partial charge in [0.2, 0.25) is 0 Å². The van der Waals surface area contributed by atoms with Crippen molar-refractivity contribution in [1.82, 2.24) is 5.32 Å². The third kappa shape index (κ3) is 4.05. The molecule has 0 amide bonds. The molecule has 2 rings (SSSR count). The summed E-state index contributed by atoms with van der Waals surface area (Å²) in [4.78, 5) is 0. The van der Waals surface area contributed by atoms with Crippen LogP contribution in [0.4, 0.5) is 4.39 Å². The molecule has 112 valence electrons. The second-order valence-corrected chi connectivity index (χ2v) is 6.24. The van der Waals surface area contributed by atoms with Gasteiger partial charge in [0.1, 0.15) is 5.82 Å². The van der Waals surface area contributed by atoms with E-state index in [0.29, 0.717) is 12.0 Å². The number of nitrogens with one attached hydrogen (secondary N) is 1. The van der Waals surface area contributed by atoms with Gasteiger partial charge in [-0.2, -0.15) is 0 Å². The first-order valence-corrected chi connectivity index (χ1v) is 8.17. The highest BCUT2D eigenvalue weighted by molar-refractivity contribution is 5.20. The van der Waals surface area contributed by atoms with Gasteiger partial charge in [-0.15, -0.1) is 0 Å². The molecule has 20 heavy (non-hydrogen) atoms. The normalized spacial score (nSPS) is 24.6. The fourth-order valence-corrected chi connectivity index (χ4v) is 3.65. The van der Waals surface area contributed by atoms with Gasteiger partial charge in [0.05, 0.1) is 0 Å². The Kier molecular flexibility index (Phi) is 6.03. The van der Waals surface area contributed by atoms with Crippen molar-refractivity contribution in [1.29, 1.82) is 0 Å². The summed E-state index contributed by atoms with van der Waals surface area (Å²) >= 11 is 0. The minimum Gasteiger partial charge on any atom is -0.313 e. The van der Waals surface area contributed by atoms with Crippen molar-refractivity contribution in [3.8, 4) is 0 Å². The number of hydrogen-bond acceptors (Lipinski definition) is 1. The standard InChI is InChI=1S/C18H28FN/c1-3-4-5-14-6-8-15(9-7-14)18(20-2)16-10-12-17(19)13-11-16/h10-15,18,20H,3-9H2,1-2H3. The van der Waals surface area contributed by atoms with Gasteiger partial charge in [0, 0.05) is 6.04 Å². The first-order valence-electron chi connectivity index (χ1n) is 8.17. The first kappa shape index (κ1) is 15.5. The molecule has 0 radical (unpaired) electrons. The summed E-state index contributed by atoms with van der Waals surface area (Å²) in [5.74, 6) is 1.49. The SMILES string of the molecule is CCCCC1CCC(C(NC)c2ccc(F)cc2)CC1. The highest BCUT2D eigenvalue weighted by atomic mass is 19.1.